The van der Waals surface area contributed by atoms with Crippen molar-refractivity contribution in [3.05, 3.63) is 214 Å². The first-order valence-electron chi connectivity index (χ1n) is 19.7. The first-order chi connectivity index (χ1) is 30.7. The minimum Gasteiger partial charge on any atom is -0.448 e. The van der Waals surface area contributed by atoms with Crippen LogP contribution in [0.5, 0.6) is 0 Å². The number of rotatable bonds is 16. The van der Waals surface area contributed by atoms with Gasteiger partial charge in [0.1, 0.15) is 17.5 Å². The van der Waals surface area contributed by atoms with Gasteiger partial charge in [0.2, 0.25) is 5.91 Å². The summed E-state index contributed by atoms with van der Waals surface area (Å²) in [5, 5.41) is 11.3. The van der Waals surface area contributed by atoms with Crippen LogP contribution in [0.2, 0.25) is 0 Å². The lowest BCUT2D eigenvalue weighted by atomic mass is 9.77. The van der Waals surface area contributed by atoms with Gasteiger partial charge in [-0.05, 0) is 27.8 Å². The Balaban J connectivity index is 1.31. The number of hydrogen-bond acceptors (Lipinski definition) is 10. The van der Waals surface area contributed by atoms with Crippen LogP contribution in [0, 0.1) is 0 Å². The number of oxime groups is 1. The number of allylic oxidation sites excluding steroid dienone is 1. The van der Waals surface area contributed by atoms with Gasteiger partial charge in [0.25, 0.3) is 5.91 Å². The average molecular weight is 902 g/mol. The Kier molecular flexibility index (Phi) is 13.1. The molecule has 2 aliphatic heterocycles. The summed E-state index contributed by atoms with van der Waals surface area (Å²) >= 11 is 8.66. The number of carbonyl (C=O) groups excluding carboxylic acids is 3. The molecular weight excluding hydrogens is 864 g/mol. The first kappa shape index (κ1) is 43.1. The van der Waals surface area contributed by atoms with Crippen LogP contribution in [0.25, 0.3) is 0 Å². The minimum absolute atomic E-state index is 0.00330. The number of anilines is 1. The van der Waals surface area contributed by atoms with Crippen molar-refractivity contribution in [1.82, 2.24) is 15.2 Å². The van der Waals surface area contributed by atoms with Crippen molar-refractivity contribution >= 4 is 63.8 Å². The van der Waals surface area contributed by atoms with E-state index in [4.69, 9.17) is 21.3 Å². The number of fused-ring (bicyclic) bond motifs is 1. The van der Waals surface area contributed by atoms with Crippen molar-refractivity contribution in [2.45, 2.75) is 34.9 Å². The van der Waals surface area contributed by atoms with E-state index < -0.39 is 40.4 Å². The number of alkyl halides is 3. The summed E-state index contributed by atoms with van der Waals surface area (Å²) in [7, 11) is 0. The van der Waals surface area contributed by atoms with Gasteiger partial charge in [-0.15, -0.1) is 22.9 Å². The fourth-order valence-electron chi connectivity index (χ4n) is 7.75. The second-order valence-electron chi connectivity index (χ2n) is 14.2. The Morgan fingerprint density at radius 3 is 1.87 bits per heavy atom. The van der Waals surface area contributed by atoms with Crippen LogP contribution in [0.1, 0.15) is 46.0 Å². The number of nitrogens with zero attached hydrogens (tertiary/aromatic N) is 3. The summed E-state index contributed by atoms with van der Waals surface area (Å²) < 4.78 is 32.4. The van der Waals surface area contributed by atoms with Crippen LogP contribution in [-0.2, 0) is 34.4 Å². The Labute approximate surface area is 375 Å². The maximum atomic E-state index is 15.0. The van der Waals surface area contributed by atoms with Gasteiger partial charge in [-0.2, -0.15) is 8.78 Å². The van der Waals surface area contributed by atoms with Gasteiger partial charge in [-0.1, -0.05) is 181 Å². The summed E-state index contributed by atoms with van der Waals surface area (Å²) in [5.41, 5.74) is 3.31. The Hall–Kier alpha value is -6.61. The van der Waals surface area contributed by atoms with E-state index in [0.29, 0.717) is 22.5 Å². The number of esters is 1. The molecule has 2 N–H and O–H groups in total. The number of halogens is 3. The molecule has 10 nitrogen and oxygen atoms in total. The summed E-state index contributed by atoms with van der Waals surface area (Å²) in [6.07, 6.45) is 2.79. The molecule has 63 heavy (non-hydrogen) atoms. The molecule has 1 saturated heterocycles. The van der Waals surface area contributed by atoms with E-state index in [2.05, 4.69) is 20.6 Å². The van der Waals surface area contributed by atoms with Gasteiger partial charge in [-0.3, -0.25) is 14.5 Å². The minimum atomic E-state index is -3.28. The number of benzene rings is 5. The molecule has 0 bridgehead atoms. The SMILES string of the molecule is O=C(C=NOC(F)F)NC1(c2csc(NC(c3ccccc3)(c3ccccc3)c3ccccc3)n2)S[C@H]2CC(=O)N2C(C(=O)OC(c2ccccc2)c2ccccc2)=C1/C=C\CCl. The second-order valence-corrected chi connectivity index (χ2v) is 16.8. The van der Waals surface area contributed by atoms with E-state index in [-0.39, 0.29) is 35.2 Å². The number of amides is 2. The highest BCUT2D eigenvalue weighted by Crippen LogP contribution is 2.55. The number of carbonyl (C=O) groups is 3. The number of thioether (sulfide) groups is 1. The molecule has 6 aromatic rings. The fraction of sp³-hybridized carbons (Fsp3) is 0.146. The number of β-lactam (4-membered cyclic amide) rings is 1. The highest BCUT2D eigenvalue weighted by Gasteiger charge is 2.57. The van der Waals surface area contributed by atoms with E-state index in [1.165, 1.54) is 16.2 Å². The van der Waals surface area contributed by atoms with Gasteiger partial charge in [0, 0.05) is 16.8 Å². The lowest BCUT2D eigenvalue weighted by Crippen LogP contribution is -2.61. The van der Waals surface area contributed by atoms with Crippen molar-refractivity contribution in [3.8, 4) is 0 Å². The van der Waals surface area contributed by atoms with E-state index in [9.17, 15) is 23.2 Å². The quantitative estimate of drug-likeness (QED) is 0.0246. The molecule has 0 saturated carbocycles. The van der Waals surface area contributed by atoms with Crippen LogP contribution in [0.4, 0.5) is 13.9 Å². The predicted molar refractivity (Wildman–Crippen MR) is 241 cm³/mol. The average Bonchev–Trinajstić information content (AvgIpc) is 3.79. The lowest BCUT2D eigenvalue weighted by molar-refractivity contribution is -0.152. The summed E-state index contributed by atoms with van der Waals surface area (Å²) in [6.45, 7) is -3.28. The molecule has 1 unspecified atom stereocenters. The molecular formula is C48H38ClF2N5O5S2. The maximum absolute atomic E-state index is 15.0. The molecule has 1 fully saturated rings. The molecule has 5 aromatic carbocycles. The second kappa shape index (κ2) is 19.2. The summed E-state index contributed by atoms with van der Waals surface area (Å²) in [4.78, 5) is 51.2. The lowest BCUT2D eigenvalue weighted by Gasteiger charge is -2.51. The number of nitrogens with one attached hydrogen (secondary N) is 2. The molecule has 0 spiro atoms. The third-order valence-electron chi connectivity index (χ3n) is 10.5. The first-order valence-corrected chi connectivity index (χ1v) is 22.0. The standard InChI is InChI=1S/C48H38ClF2N5O5S2/c49-28-16-27-37-42(44(59)60-43(32-17-6-1-7-18-32)33-19-8-2-9-20-33)56-40(58)29-41(56)63-48(37,54-39(57)30-52-61-45(50)51)38-31-62-46(53-38)55-47(34-21-10-3-11-22-34,35-23-12-4-13-24-35)36-25-14-5-15-26-36/h1-27,30-31,41,43,45H,28-29H2,(H,53,55)(H,54,57)/b27-16-,52-30?/t41-,48?/m0/s1. The fourth-order valence-corrected chi connectivity index (χ4v) is 10.4. The summed E-state index contributed by atoms with van der Waals surface area (Å²) in [6, 6.07) is 48.1. The number of thiazole rings is 1. The molecule has 3 heterocycles. The van der Waals surface area contributed by atoms with Crippen LogP contribution < -0.4 is 10.6 Å². The molecule has 2 aliphatic rings. The Morgan fingerprint density at radius 1 is 0.857 bits per heavy atom. The van der Waals surface area contributed by atoms with Crippen molar-refractivity contribution in [1.29, 1.82) is 0 Å². The number of ether oxygens (including phenoxy) is 1. The largest absolute Gasteiger partial charge is 0.448 e. The van der Waals surface area contributed by atoms with Gasteiger partial charge < -0.3 is 20.2 Å². The van der Waals surface area contributed by atoms with Gasteiger partial charge in [-0.25, -0.2) is 9.78 Å². The van der Waals surface area contributed by atoms with Crippen molar-refractivity contribution in [2.24, 2.45) is 5.16 Å². The van der Waals surface area contributed by atoms with E-state index >= 15 is 0 Å². The normalized spacial score (nSPS) is 17.5. The maximum Gasteiger partial charge on any atom is 0.407 e. The van der Waals surface area contributed by atoms with Gasteiger partial charge in [0.15, 0.2) is 16.1 Å². The van der Waals surface area contributed by atoms with Crippen LogP contribution in [0.15, 0.2) is 186 Å². The molecule has 2 amide bonds. The molecule has 1 aromatic heterocycles. The van der Waals surface area contributed by atoms with Gasteiger partial charge >= 0.3 is 12.6 Å². The molecule has 0 aliphatic carbocycles. The number of hydrogen-bond donors (Lipinski definition) is 2. The number of aromatic nitrogens is 1. The Morgan fingerprint density at radius 2 is 1.38 bits per heavy atom. The highest BCUT2D eigenvalue weighted by molar-refractivity contribution is 8.01. The van der Waals surface area contributed by atoms with E-state index in [1.54, 1.807) is 17.5 Å². The predicted octanol–water partition coefficient (Wildman–Crippen LogP) is 9.73. The van der Waals surface area contributed by atoms with Crippen molar-refractivity contribution in [2.75, 3.05) is 11.2 Å². The van der Waals surface area contributed by atoms with Crippen LogP contribution in [-0.4, -0.2) is 51.7 Å². The third kappa shape index (κ3) is 8.87. The van der Waals surface area contributed by atoms with Gasteiger partial charge in [0.05, 0.1) is 17.5 Å². The molecule has 318 valence electrons. The third-order valence-corrected chi connectivity index (χ3v) is 13.0. The monoisotopic (exact) mass is 901 g/mol. The van der Waals surface area contributed by atoms with Crippen molar-refractivity contribution in [3.63, 3.8) is 0 Å². The zero-order chi connectivity index (χ0) is 43.8. The summed E-state index contributed by atoms with van der Waals surface area (Å²) in [5.74, 6) is -2.18. The van der Waals surface area contributed by atoms with Crippen LogP contribution in [0.3, 0.4) is 0 Å². The zero-order valence-corrected chi connectivity index (χ0v) is 35.6. The highest BCUT2D eigenvalue weighted by atomic mass is 35.5. The smallest absolute Gasteiger partial charge is 0.407 e. The topological polar surface area (TPSA) is 122 Å². The Bertz CT molecular complexity index is 2500. The molecule has 2 atom stereocenters. The van der Waals surface area contributed by atoms with E-state index in [0.717, 1.165) is 28.5 Å². The van der Waals surface area contributed by atoms with E-state index in [1.807, 2.05) is 152 Å². The molecule has 15 heteroatoms. The zero-order valence-electron chi connectivity index (χ0n) is 33.2. The molecule has 8 rings (SSSR count). The molecule has 0 radical (unpaired) electrons. The van der Waals surface area contributed by atoms with Crippen LogP contribution >= 0.6 is 34.7 Å². The van der Waals surface area contributed by atoms with Crippen molar-refractivity contribution < 1.29 is 32.7 Å².